The fraction of sp³-hybridized carbons (Fsp3) is 0.588. The first-order valence-electron chi connectivity index (χ1n) is 8.18. The van der Waals surface area contributed by atoms with Crippen LogP contribution in [-0.2, 0) is 4.74 Å². The Hall–Kier alpha value is -1.75. The molecular formula is C17H30N4O. The quantitative estimate of drug-likeness (QED) is 0.334. The molecule has 0 aromatic heterocycles. The smallest absolute Gasteiger partial charge is 0.190 e. The Morgan fingerprint density at radius 3 is 2.41 bits per heavy atom. The van der Waals surface area contributed by atoms with Crippen molar-refractivity contribution in [2.24, 2.45) is 4.99 Å². The molecule has 0 saturated carbocycles. The highest BCUT2D eigenvalue weighted by atomic mass is 16.5. The van der Waals surface area contributed by atoms with Gasteiger partial charge in [0.1, 0.15) is 0 Å². The SMILES string of the molecule is CCOCCCCNC(=NC)NCCCNc1ccccc1. The summed E-state index contributed by atoms with van der Waals surface area (Å²) in [4.78, 5) is 4.22. The molecule has 0 saturated heterocycles. The second kappa shape index (κ2) is 13.0. The third-order valence-electron chi connectivity index (χ3n) is 3.18. The first-order valence-corrected chi connectivity index (χ1v) is 8.18. The lowest BCUT2D eigenvalue weighted by Crippen LogP contribution is -2.38. The van der Waals surface area contributed by atoms with Gasteiger partial charge in [0.05, 0.1) is 0 Å². The van der Waals surface area contributed by atoms with E-state index in [9.17, 15) is 0 Å². The van der Waals surface area contributed by atoms with Crippen LogP contribution in [0.25, 0.3) is 0 Å². The van der Waals surface area contributed by atoms with Gasteiger partial charge in [0, 0.05) is 45.6 Å². The maximum absolute atomic E-state index is 5.31. The molecule has 0 amide bonds. The van der Waals surface area contributed by atoms with Gasteiger partial charge in [-0.2, -0.15) is 0 Å². The molecule has 0 aliphatic carbocycles. The number of nitrogens with one attached hydrogen (secondary N) is 3. The highest BCUT2D eigenvalue weighted by Crippen LogP contribution is 2.03. The molecule has 0 spiro atoms. The Balaban J connectivity index is 1.99. The standard InChI is InChI=1S/C17H30N4O/c1-3-22-15-8-7-12-20-17(18-2)21-14-9-13-19-16-10-5-4-6-11-16/h4-6,10-11,19H,3,7-9,12-15H2,1-2H3,(H2,18,20,21). The fourth-order valence-electron chi connectivity index (χ4n) is 1.98. The first kappa shape index (κ1) is 18.3. The summed E-state index contributed by atoms with van der Waals surface area (Å²) in [5, 5.41) is 10.0. The van der Waals surface area contributed by atoms with E-state index in [1.54, 1.807) is 7.05 Å². The summed E-state index contributed by atoms with van der Waals surface area (Å²) in [6, 6.07) is 10.3. The van der Waals surface area contributed by atoms with Crippen molar-refractivity contribution in [3.05, 3.63) is 30.3 Å². The van der Waals surface area contributed by atoms with Crippen molar-refractivity contribution >= 4 is 11.6 Å². The second-order valence-corrected chi connectivity index (χ2v) is 4.98. The van der Waals surface area contributed by atoms with Crippen LogP contribution in [0.4, 0.5) is 5.69 Å². The molecular weight excluding hydrogens is 276 g/mol. The van der Waals surface area contributed by atoms with Crippen LogP contribution in [0.15, 0.2) is 35.3 Å². The lowest BCUT2D eigenvalue weighted by molar-refractivity contribution is 0.143. The van der Waals surface area contributed by atoms with E-state index in [-0.39, 0.29) is 0 Å². The van der Waals surface area contributed by atoms with Crippen molar-refractivity contribution < 1.29 is 4.74 Å². The summed E-state index contributed by atoms with van der Waals surface area (Å²) in [7, 11) is 1.80. The van der Waals surface area contributed by atoms with E-state index in [4.69, 9.17) is 4.74 Å². The minimum atomic E-state index is 0.799. The van der Waals surface area contributed by atoms with Gasteiger partial charge in [0.25, 0.3) is 0 Å². The number of hydrogen-bond acceptors (Lipinski definition) is 3. The van der Waals surface area contributed by atoms with Crippen molar-refractivity contribution in [3.8, 4) is 0 Å². The monoisotopic (exact) mass is 306 g/mol. The molecule has 5 nitrogen and oxygen atoms in total. The van der Waals surface area contributed by atoms with E-state index in [1.807, 2.05) is 25.1 Å². The van der Waals surface area contributed by atoms with Crippen molar-refractivity contribution in [1.29, 1.82) is 0 Å². The van der Waals surface area contributed by atoms with Crippen LogP contribution in [0.1, 0.15) is 26.2 Å². The zero-order valence-corrected chi connectivity index (χ0v) is 13.9. The number of para-hydroxylation sites is 1. The molecule has 0 atom stereocenters. The molecule has 0 heterocycles. The second-order valence-electron chi connectivity index (χ2n) is 4.98. The van der Waals surface area contributed by atoms with E-state index in [0.717, 1.165) is 58.1 Å². The summed E-state index contributed by atoms with van der Waals surface area (Å²) < 4.78 is 5.31. The summed E-state index contributed by atoms with van der Waals surface area (Å²) in [5.41, 5.74) is 1.17. The summed E-state index contributed by atoms with van der Waals surface area (Å²) >= 11 is 0. The summed E-state index contributed by atoms with van der Waals surface area (Å²) in [6.45, 7) is 6.44. The van der Waals surface area contributed by atoms with Crippen molar-refractivity contribution in [3.63, 3.8) is 0 Å². The number of nitrogens with zero attached hydrogens (tertiary/aromatic N) is 1. The van der Waals surface area contributed by atoms with Crippen LogP contribution in [-0.4, -0.2) is 45.9 Å². The van der Waals surface area contributed by atoms with Crippen LogP contribution in [0.2, 0.25) is 0 Å². The molecule has 5 heteroatoms. The molecule has 0 fully saturated rings. The van der Waals surface area contributed by atoms with E-state index in [1.165, 1.54) is 5.69 Å². The number of benzene rings is 1. The molecule has 3 N–H and O–H groups in total. The largest absolute Gasteiger partial charge is 0.385 e. The summed E-state index contributed by atoms with van der Waals surface area (Å²) in [5.74, 6) is 0.871. The number of unbranched alkanes of at least 4 members (excludes halogenated alkanes) is 1. The van der Waals surface area contributed by atoms with Gasteiger partial charge in [0.15, 0.2) is 5.96 Å². The molecule has 1 aromatic carbocycles. The van der Waals surface area contributed by atoms with Gasteiger partial charge in [-0.25, -0.2) is 0 Å². The number of ether oxygens (including phenoxy) is 1. The normalized spacial score (nSPS) is 11.3. The zero-order chi connectivity index (χ0) is 15.9. The van der Waals surface area contributed by atoms with Crippen molar-refractivity contribution in [1.82, 2.24) is 10.6 Å². The topological polar surface area (TPSA) is 57.7 Å². The van der Waals surface area contributed by atoms with Gasteiger partial charge in [-0.05, 0) is 38.3 Å². The number of hydrogen-bond donors (Lipinski definition) is 3. The highest BCUT2D eigenvalue weighted by Gasteiger charge is 1.96. The maximum atomic E-state index is 5.31. The van der Waals surface area contributed by atoms with Crippen molar-refractivity contribution in [2.45, 2.75) is 26.2 Å². The van der Waals surface area contributed by atoms with Crippen LogP contribution in [0, 0.1) is 0 Å². The Morgan fingerprint density at radius 1 is 1.00 bits per heavy atom. The number of anilines is 1. The van der Waals surface area contributed by atoms with Crippen LogP contribution in [0.3, 0.4) is 0 Å². The average Bonchev–Trinajstić information content (AvgIpc) is 2.56. The molecule has 1 aromatic rings. The third-order valence-corrected chi connectivity index (χ3v) is 3.18. The first-order chi connectivity index (χ1) is 10.9. The number of aliphatic imine (C=N–C) groups is 1. The van der Waals surface area contributed by atoms with E-state index >= 15 is 0 Å². The molecule has 0 aliphatic rings. The Bertz CT molecular complexity index is 395. The van der Waals surface area contributed by atoms with Gasteiger partial charge in [0.2, 0.25) is 0 Å². The number of guanidine groups is 1. The van der Waals surface area contributed by atoms with E-state index < -0.39 is 0 Å². The van der Waals surface area contributed by atoms with Crippen LogP contribution in [0.5, 0.6) is 0 Å². The minimum Gasteiger partial charge on any atom is -0.385 e. The molecule has 124 valence electrons. The van der Waals surface area contributed by atoms with E-state index in [2.05, 4.69) is 33.1 Å². The molecule has 0 radical (unpaired) electrons. The molecule has 1 rings (SSSR count). The molecule has 22 heavy (non-hydrogen) atoms. The zero-order valence-electron chi connectivity index (χ0n) is 13.9. The maximum Gasteiger partial charge on any atom is 0.190 e. The molecule has 0 aliphatic heterocycles. The highest BCUT2D eigenvalue weighted by molar-refractivity contribution is 5.79. The predicted octanol–water partition coefficient (Wildman–Crippen LogP) is 2.47. The Labute approximate surface area is 134 Å². The van der Waals surface area contributed by atoms with Gasteiger partial charge in [-0.15, -0.1) is 0 Å². The molecule has 0 unspecified atom stereocenters. The lowest BCUT2D eigenvalue weighted by Gasteiger charge is -2.12. The molecule has 0 bridgehead atoms. The lowest BCUT2D eigenvalue weighted by atomic mass is 10.3. The van der Waals surface area contributed by atoms with Crippen molar-refractivity contribution in [2.75, 3.05) is 45.2 Å². The van der Waals surface area contributed by atoms with Gasteiger partial charge < -0.3 is 20.7 Å². The fourth-order valence-corrected chi connectivity index (χ4v) is 1.98. The van der Waals surface area contributed by atoms with Crippen LogP contribution >= 0.6 is 0 Å². The third kappa shape index (κ3) is 9.23. The Morgan fingerprint density at radius 2 is 1.73 bits per heavy atom. The van der Waals surface area contributed by atoms with E-state index in [0.29, 0.717) is 0 Å². The Kier molecular flexibility index (Phi) is 10.8. The number of rotatable bonds is 11. The van der Waals surface area contributed by atoms with Gasteiger partial charge in [-0.3, -0.25) is 4.99 Å². The van der Waals surface area contributed by atoms with Crippen LogP contribution < -0.4 is 16.0 Å². The summed E-state index contributed by atoms with van der Waals surface area (Å²) in [6.07, 6.45) is 3.22. The average molecular weight is 306 g/mol. The van der Waals surface area contributed by atoms with Gasteiger partial charge >= 0.3 is 0 Å². The minimum absolute atomic E-state index is 0.799. The van der Waals surface area contributed by atoms with Gasteiger partial charge in [-0.1, -0.05) is 18.2 Å². The predicted molar refractivity (Wildman–Crippen MR) is 94.6 cm³/mol.